The van der Waals surface area contributed by atoms with Crippen LogP contribution in [0.4, 0.5) is 14.5 Å². The van der Waals surface area contributed by atoms with E-state index in [0.717, 1.165) is 12.1 Å². The van der Waals surface area contributed by atoms with Gasteiger partial charge in [0.15, 0.2) is 5.78 Å². The Hall–Kier alpha value is -2.48. The summed E-state index contributed by atoms with van der Waals surface area (Å²) in [6.07, 6.45) is 0. The van der Waals surface area contributed by atoms with E-state index in [0.29, 0.717) is 0 Å². The quantitative estimate of drug-likeness (QED) is 0.819. The summed E-state index contributed by atoms with van der Waals surface area (Å²) in [6.45, 7) is -1.86. The van der Waals surface area contributed by atoms with Crippen molar-refractivity contribution in [1.82, 2.24) is 0 Å². The first kappa shape index (κ1) is 16.9. The summed E-state index contributed by atoms with van der Waals surface area (Å²) < 4.78 is 56.1. The lowest BCUT2D eigenvalue weighted by atomic mass is 10.1. The molecule has 0 radical (unpaired) electrons. The van der Waals surface area contributed by atoms with Gasteiger partial charge in [-0.15, -0.1) is 0 Å². The minimum absolute atomic E-state index is 0.0619. The highest BCUT2D eigenvalue weighted by molar-refractivity contribution is 7.92. The van der Waals surface area contributed by atoms with Gasteiger partial charge in [0.2, 0.25) is 0 Å². The van der Waals surface area contributed by atoms with Crippen LogP contribution in [0.5, 0.6) is 5.75 Å². The summed E-state index contributed by atoms with van der Waals surface area (Å²) in [5.74, 6) is -0.810. The number of anilines is 1. The third-order valence-electron chi connectivity index (χ3n) is 2.91. The molecule has 122 valence electrons. The topological polar surface area (TPSA) is 72.5 Å². The van der Waals surface area contributed by atoms with Crippen LogP contribution in [0.25, 0.3) is 0 Å². The van der Waals surface area contributed by atoms with Crippen molar-refractivity contribution >= 4 is 21.5 Å². The van der Waals surface area contributed by atoms with Gasteiger partial charge >= 0.3 is 6.61 Å². The first-order chi connectivity index (χ1) is 10.8. The van der Waals surface area contributed by atoms with Crippen molar-refractivity contribution in [3.63, 3.8) is 0 Å². The van der Waals surface area contributed by atoms with E-state index in [1.807, 2.05) is 0 Å². The number of carbonyl (C=O) groups is 1. The van der Waals surface area contributed by atoms with E-state index in [-0.39, 0.29) is 17.0 Å². The Balaban J connectivity index is 2.43. The smallest absolute Gasteiger partial charge is 0.387 e. The fraction of sp³-hybridized carbons (Fsp3) is 0.133. The molecule has 0 unspecified atom stereocenters. The number of rotatable bonds is 6. The largest absolute Gasteiger partial charge is 0.433 e. The summed E-state index contributed by atoms with van der Waals surface area (Å²) in [6, 6.07) is 11.0. The van der Waals surface area contributed by atoms with Crippen molar-refractivity contribution in [3.05, 3.63) is 54.1 Å². The van der Waals surface area contributed by atoms with Crippen LogP contribution in [0, 0.1) is 0 Å². The molecule has 23 heavy (non-hydrogen) atoms. The summed E-state index contributed by atoms with van der Waals surface area (Å²) in [4.78, 5) is 11.1. The van der Waals surface area contributed by atoms with Gasteiger partial charge in [0.25, 0.3) is 10.0 Å². The Labute approximate surface area is 132 Å². The molecule has 0 saturated heterocycles. The van der Waals surface area contributed by atoms with Crippen LogP contribution in [0.1, 0.15) is 17.3 Å². The van der Waals surface area contributed by atoms with Gasteiger partial charge in [0, 0.05) is 5.56 Å². The van der Waals surface area contributed by atoms with E-state index in [2.05, 4.69) is 9.46 Å². The fourth-order valence-electron chi connectivity index (χ4n) is 1.94. The number of sulfonamides is 1. The number of para-hydroxylation sites is 2. The Morgan fingerprint density at radius 1 is 1.09 bits per heavy atom. The third kappa shape index (κ3) is 4.04. The van der Waals surface area contributed by atoms with E-state index >= 15 is 0 Å². The first-order valence-electron chi connectivity index (χ1n) is 6.48. The van der Waals surface area contributed by atoms with Crippen LogP contribution in [0.2, 0.25) is 0 Å². The third-order valence-corrected chi connectivity index (χ3v) is 4.31. The van der Waals surface area contributed by atoms with Gasteiger partial charge in [-0.3, -0.25) is 9.52 Å². The number of carbonyl (C=O) groups excluding carboxylic acids is 1. The van der Waals surface area contributed by atoms with Gasteiger partial charge < -0.3 is 4.74 Å². The maximum atomic E-state index is 12.4. The number of ketones is 1. The van der Waals surface area contributed by atoms with Gasteiger partial charge in [-0.2, -0.15) is 8.78 Å². The number of hydrogen-bond acceptors (Lipinski definition) is 4. The maximum absolute atomic E-state index is 12.4. The zero-order chi connectivity index (χ0) is 17.0. The van der Waals surface area contributed by atoms with Gasteiger partial charge in [0.1, 0.15) is 10.6 Å². The molecule has 1 N–H and O–H groups in total. The van der Waals surface area contributed by atoms with Crippen LogP contribution in [0.15, 0.2) is 53.4 Å². The average Bonchev–Trinajstić information content (AvgIpc) is 2.47. The molecule has 0 aliphatic heterocycles. The Morgan fingerprint density at radius 2 is 1.70 bits per heavy atom. The average molecular weight is 341 g/mol. The lowest BCUT2D eigenvalue weighted by Crippen LogP contribution is -2.17. The van der Waals surface area contributed by atoms with Crippen molar-refractivity contribution in [2.75, 3.05) is 4.72 Å². The second-order valence-electron chi connectivity index (χ2n) is 4.53. The van der Waals surface area contributed by atoms with Gasteiger partial charge in [-0.1, -0.05) is 24.3 Å². The molecule has 0 saturated carbocycles. The van der Waals surface area contributed by atoms with Crippen LogP contribution < -0.4 is 9.46 Å². The van der Waals surface area contributed by atoms with E-state index in [1.165, 1.54) is 31.2 Å². The van der Waals surface area contributed by atoms with Crippen molar-refractivity contribution in [3.8, 4) is 5.75 Å². The second kappa shape index (κ2) is 6.74. The highest BCUT2D eigenvalue weighted by atomic mass is 32.2. The molecule has 0 fully saturated rings. The summed E-state index contributed by atoms with van der Waals surface area (Å²) in [5, 5.41) is 0. The molecule has 2 aromatic carbocycles. The molecule has 5 nitrogen and oxygen atoms in total. The minimum Gasteiger partial charge on any atom is -0.433 e. The lowest BCUT2D eigenvalue weighted by molar-refractivity contribution is -0.0517. The predicted octanol–water partition coefficient (Wildman–Crippen LogP) is 3.29. The van der Waals surface area contributed by atoms with Crippen molar-refractivity contribution in [1.29, 1.82) is 0 Å². The van der Waals surface area contributed by atoms with E-state index in [1.54, 1.807) is 12.1 Å². The molecule has 0 aliphatic rings. The molecule has 2 rings (SSSR count). The maximum Gasteiger partial charge on any atom is 0.387 e. The van der Waals surface area contributed by atoms with E-state index in [9.17, 15) is 22.0 Å². The highest BCUT2D eigenvalue weighted by Gasteiger charge is 2.22. The van der Waals surface area contributed by atoms with Crippen LogP contribution in [-0.4, -0.2) is 20.8 Å². The number of alkyl halides is 2. The molecule has 8 heteroatoms. The predicted molar refractivity (Wildman–Crippen MR) is 80.3 cm³/mol. The minimum atomic E-state index is -4.21. The molecule has 0 aromatic heterocycles. The number of halogens is 2. The molecule has 0 aliphatic carbocycles. The molecule has 0 spiro atoms. The number of nitrogens with one attached hydrogen (secondary N) is 1. The normalized spacial score (nSPS) is 11.3. The van der Waals surface area contributed by atoms with Crippen molar-refractivity contribution in [2.45, 2.75) is 18.4 Å². The first-order valence-corrected chi connectivity index (χ1v) is 7.96. The van der Waals surface area contributed by atoms with Gasteiger partial charge in [-0.05, 0) is 31.2 Å². The Morgan fingerprint density at radius 3 is 2.35 bits per heavy atom. The summed E-state index contributed by atoms with van der Waals surface area (Å²) in [7, 11) is -4.21. The number of ether oxygens (including phenoxy) is 1. The number of benzene rings is 2. The monoisotopic (exact) mass is 341 g/mol. The zero-order valence-corrected chi connectivity index (χ0v) is 12.8. The van der Waals surface area contributed by atoms with Crippen LogP contribution in [0.3, 0.4) is 0 Å². The van der Waals surface area contributed by atoms with Gasteiger partial charge in [0.05, 0.1) is 5.69 Å². The molecule has 0 amide bonds. The standard InChI is InChI=1S/C15H13F2NO4S/c1-10(19)11-6-2-3-7-12(11)18-23(20,21)14-9-5-4-8-13(14)22-15(16)17/h2-9,15,18H,1H3. The summed E-state index contributed by atoms with van der Waals surface area (Å²) in [5.41, 5.74) is 0.232. The molecule has 0 bridgehead atoms. The number of Topliss-reactive ketones (excluding diaryl/α,β-unsaturated/α-hetero) is 1. The lowest BCUT2D eigenvalue weighted by Gasteiger charge is -2.14. The Bertz CT molecular complexity index is 822. The van der Waals surface area contributed by atoms with Gasteiger partial charge in [-0.25, -0.2) is 8.42 Å². The SMILES string of the molecule is CC(=O)c1ccccc1NS(=O)(=O)c1ccccc1OC(F)F. The van der Waals surface area contributed by atoms with E-state index < -0.39 is 27.3 Å². The highest BCUT2D eigenvalue weighted by Crippen LogP contribution is 2.28. The van der Waals surface area contributed by atoms with Crippen LogP contribution in [-0.2, 0) is 10.0 Å². The molecule has 0 heterocycles. The van der Waals surface area contributed by atoms with E-state index in [4.69, 9.17) is 0 Å². The number of hydrogen-bond donors (Lipinski definition) is 1. The molecule has 0 atom stereocenters. The fourth-order valence-corrected chi connectivity index (χ4v) is 3.16. The Kier molecular flexibility index (Phi) is 4.95. The van der Waals surface area contributed by atoms with Crippen LogP contribution >= 0.6 is 0 Å². The van der Waals surface area contributed by atoms with Crippen molar-refractivity contribution in [2.24, 2.45) is 0 Å². The van der Waals surface area contributed by atoms with Crippen molar-refractivity contribution < 1.29 is 26.7 Å². The molecular weight excluding hydrogens is 328 g/mol. The second-order valence-corrected chi connectivity index (χ2v) is 6.18. The molecular formula is C15H13F2NO4S. The molecule has 2 aromatic rings. The summed E-state index contributed by atoms with van der Waals surface area (Å²) >= 11 is 0. The zero-order valence-electron chi connectivity index (χ0n) is 12.0.